The Hall–Kier alpha value is -1.09. The topological polar surface area (TPSA) is 20.2 Å². The van der Waals surface area contributed by atoms with Gasteiger partial charge >= 0.3 is 0 Å². The first-order chi connectivity index (χ1) is 9.06. The van der Waals surface area contributed by atoms with Crippen LogP contribution in [0.5, 0.6) is 0 Å². The van der Waals surface area contributed by atoms with Crippen LogP contribution in [0.25, 0.3) is 0 Å². The van der Waals surface area contributed by atoms with Crippen LogP contribution in [-0.2, 0) is 12.8 Å². The highest BCUT2D eigenvalue weighted by atomic mass is 35.5. The molecule has 2 rings (SSSR count). The fourth-order valence-electron chi connectivity index (χ4n) is 1.97. The van der Waals surface area contributed by atoms with Crippen molar-refractivity contribution >= 4 is 23.2 Å². The normalized spacial score (nSPS) is 12.4. The predicted octanol–water partition coefficient (Wildman–Crippen LogP) is 4.28. The molecule has 0 amide bonds. The zero-order valence-electron chi connectivity index (χ0n) is 10.1. The maximum absolute atomic E-state index is 13.6. The second kappa shape index (κ2) is 6.38. The maximum Gasteiger partial charge on any atom is 0.127 e. The molecular weight excluding hydrogens is 286 g/mol. The Kier molecular flexibility index (Phi) is 4.81. The Morgan fingerprint density at radius 2 is 1.79 bits per heavy atom. The number of hydrogen-bond donors (Lipinski definition) is 1. The summed E-state index contributed by atoms with van der Waals surface area (Å²) in [4.78, 5) is 0. The van der Waals surface area contributed by atoms with Crippen molar-refractivity contribution in [3.05, 3.63) is 69.5 Å². The summed E-state index contributed by atoms with van der Waals surface area (Å²) in [5.41, 5.74) is 1.26. The first kappa shape index (κ1) is 14.3. The van der Waals surface area contributed by atoms with Crippen LogP contribution in [0.3, 0.4) is 0 Å². The summed E-state index contributed by atoms with van der Waals surface area (Å²) in [6.45, 7) is 0. The van der Waals surface area contributed by atoms with Gasteiger partial charge in [0.05, 0.1) is 6.10 Å². The molecule has 0 aliphatic carbocycles. The Labute approximate surface area is 121 Å². The van der Waals surface area contributed by atoms with Gasteiger partial charge in [-0.2, -0.15) is 0 Å². The monoisotopic (exact) mass is 298 g/mol. The van der Waals surface area contributed by atoms with Crippen LogP contribution in [0.15, 0.2) is 42.5 Å². The Morgan fingerprint density at radius 1 is 1.05 bits per heavy atom. The van der Waals surface area contributed by atoms with Gasteiger partial charge in [0.25, 0.3) is 0 Å². The molecule has 0 aliphatic heterocycles. The molecule has 1 nitrogen and oxygen atoms in total. The fourth-order valence-corrected chi connectivity index (χ4v) is 2.42. The highest BCUT2D eigenvalue weighted by molar-refractivity contribution is 6.31. The second-order valence-electron chi connectivity index (χ2n) is 4.39. The van der Waals surface area contributed by atoms with E-state index in [-0.39, 0.29) is 6.42 Å². The first-order valence-corrected chi connectivity index (χ1v) is 6.67. The van der Waals surface area contributed by atoms with Crippen LogP contribution in [0.2, 0.25) is 10.0 Å². The third-order valence-corrected chi connectivity index (χ3v) is 3.45. The average molecular weight is 299 g/mol. The van der Waals surface area contributed by atoms with E-state index in [0.717, 1.165) is 5.56 Å². The van der Waals surface area contributed by atoms with Crippen LogP contribution in [0, 0.1) is 5.82 Å². The molecule has 1 unspecified atom stereocenters. The molecule has 0 spiro atoms. The largest absolute Gasteiger partial charge is 0.392 e. The smallest absolute Gasteiger partial charge is 0.127 e. The summed E-state index contributed by atoms with van der Waals surface area (Å²) in [5.74, 6) is -0.391. The fraction of sp³-hybridized carbons (Fsp3) is 0.200. The minimum atomic E-state index is -0.701. The summed E-state index contributed by atoms with van der Waals surface area (Å²) < 4.78 is 13.6. The van der Waals surface area contributed by atoms with Crippen molar-refractivity contribution in [2.45, 2.75) is 18.9 Å². The van der Waals surface area contributed by atoms with E-state index in [2.05, 4.69) is 0 Å². The van der Waals surface area contributed by atoms with Gasteiger partial charge in [0.15, 0.2) is 0 Å². The number of benzene rings is 2. The summed E-state index contributed by atoms with van der Waals surface area (Å²) >= 11 is 11.8. The lowest BCUT2D eigenvalue weighted by Gasteiger charge is -2.12. The van der Waals surface area contributed by atoms with Gasteiger partial charge in [-0.05, 0) is 36.2 Å². The van der Waals surface area contributed by atoms with Crippen LogP contribution in [-0.4, -0.2) is 11.2 Å². The van der Waals surface area contributed by atoms with Crippen molar-refractivity contribution < 1.29 is 9.50 Å². The van der Waals surface area contributed by atoms with Crippen molar-refractivity contribution in [1.29, 1.82) is 0 Å². The molecule has 4 heteroatoms. The average Bonchev–Trinajstić information content (AvgIpc) is 2.34. The zero-order valence-corrected chi connectivity index (χ0v) is 11.6. The Balaban J connectivity index is 2.07. The molecule has 19 heavy (non-hydrogen) atoms. The minimum absolute atomic E-state index is 0.179. The first-order valence-electron chi connectivity index (χ1n) is 5.91. The molecule has 2 aromatic rings. The van der Waals surface area contributed by atoms with Crippen LogP contribution < -0.4 is 0 Å². The SMILES string of the molecule is OC(Cc1cccc(Cl)c1)Cc1c(F)cccc1Cl. The van der Waals surface area contributed by atoms with E-state index in [1.807, 2.05) is 12.1 Å². The highest BCUT2D eigenvalue weighted by Gasteiger charge is 2.13. The van der Waals surface area contributed by atoms with Gasteiger partial charge in [0.2, 0.25) is 0 Å². The van der Waals surface area contributed by atoms with E-state index in [4.69, 9.17) is 23.2 Å². The maximum atomic E-state index is 13.6. The number of hydrogen-bond acceptors (Lipinski definition) is 1. The summed E-state index contributed by atoms with van der Waals surface area (Å²) in [5, 5.41) is 11.0. The van der Waals surface area contributed by atoms with E-state index < -0.39 is 11.9 Å². The third-order valence-electron chi connectivity index (χ3n) is 2.86. The van der Waals surface area contributed by atoms with Gasteiger partial charge in [-0.3, -0.25) is 0 Å². The van der Waals surface area contributed by atoms with Crippen LogP contribution >= 0.6 is 23.2 Å². The van der Waals surface area contributed by atoms with Crippen molar-refractivity contribution in [3.63, 3.8) is 0 Å². The molecule has 0 fully saturated rings. The van der Waals surface area contributed by atoms with Crippen molar-refractivity contribution in [3.8, 4) is 0 Å². The zero-order chi connectivity index (χ0) is 13.8. The quantitative estimate of drug-likeness (QED) is 0.893. The predicted molar refractivity (Wildman–Crippen MR) is 76.3 cm³/mol. The number of halogens is 3. The molecule has 0 heterocycles. The molecule has 0 bridgehead atoms. The van der Waals surface area contributed by atoms with Gasteiger partial charge in [0, 0.05) is 22.0 Å². The number of aliphatic hydroxyl groups is 1. The van der Waals surface area contributed by atoms with E-state index in [1.165, 1.54) is 6.07 Å². The standard InChI is InChI=1S/C15H13Cl2FO/c16-11-4-1-3-10(7-11)8-12(19)9-13-14(17)5-2-6-15(13)18/h1-7,12,19H,8-9H2. The van der Waals surface area contributed by atoms with E-state index in [9.17, 15) is 9.50 Å². The molecule has 0 saturated carbocycles. The molecule has 100 valence electrons. The summed E-state index contributed by atoms with van der Waals surface area (Å²) in [6, 6.07) is 11.8. The lowest BCUT2D eigenvalue weighted by Crippen LogP contribution is -2.15. The van der Waals surface area contributed by atoms with Gasteiger partial charge in [-0.1, -0.05) is 41.4 Å². The third kappa shape index (κ3) is 3.93. The van der Waals surface area contributed by atoms with Gasteiger partial charge < -0.3 is 5.11 Å². The number of rotatable bonds is 4. The molecule has 0 saturated heterocycles. The summed E-state index contributed by atoms with van der Waals surface area (Å²) in [6.07, 6.45) is -0.114. The van der Waals surface area contributed by atoms with Crippen LogP contribution in [0.4, 0.5) is 4.39 Å². The van der Waals surface area contributed by atoms with Crippen molar-refractivity contribution in [1.82, 2.24) is 0 Å². The lowest BCUT2D eigenvalue weighted by molar-refractivity contribution is 0.174. The van der Waals surface area contributed by atoms with E-state index >= 15 is 0 Å². The molecule has 1 atom stereocenters. The highest BCUT2D eigenvalue weighted by Crippen LogP contribution is 2.22. The van der Waals surface area contributed by atoms with Gasteiger partial charge in [0.1, 0.15) is 5.82 Å². The van der Waals surface area contributed by atoms with Crippen molar-refractivity contribution in [2.75, 3.05) is 0 Å². The lowest BCUT2D eigenvalue weighted by atomic mass is 10.0. The van der Waals surface area contributed by atoms with Gasteiger partial charge in [-0.15, -0.1) is 0 Å². The number of aliphatic hydroxyl groups excluding tert-OH is 1. The Morgan fingerprint density at radius 3 is 2.47 bits per heavy atom. The second-order valence-corrected chi connectivity index (χ2v) is 5.24. The molecule has 0 aromatic heterocycles. The molecule has 2 aromatic carbocycles. The van der Waals surface area contributed by atoms with Crippen LogP contribution in [0.1, 0.15) is 11.1 Å². The van der Waals surface area contributed by atoms with E-state index in [0.29, 0.717) is 22.0 Å². The van der Waals surface area contributed by atoms with E-state index in [1.54, 1.807) is 24.3 Å². The van der Waals surface area contributed by atoms with Crippen molar-refractivity contribution in [2.24, 2.45) is 0 Å². The molecule has 0 aliphatic rings. The summed E-state index contributed by atoms with van der Waals surface area (Å²) in [7, 11) is 0. The Bertz CT molecular complexity index is 552. The van der Waals surface area contributed by atoms with Gasteiger partial charge in [-0.25, -0.2) is 4.39 Å². The molecular formula is C15H13Cl2FO. The molecule has 1 N–H and O–H groups in total. The minimum Gasteiger partial charge on any atom is -0.392 e. The molecule has 0 radical (unpaired) electrons.